The zero-order chi connectivity index (χ0) is 16.1. The van der Waals surface area contributed by atoms with Crippen LogP contribution >= 0.6 is 0 Å². The van der Waals surface area contributed by atoms with E-state index in [9.17, 15) is 4.79 Å². The van der Waals surface area contributed by atoms with Crippen LogP contribution in [0.15, 0.2) is 42.5 Å². The van der Waals surface area contributed by atoms with Gasteiger partial charge in [0.2, 0.25) is 5.91 Å². The van der Waals surface area contributed by atoms with Crippen LogP contribution in [0.3, 0.4) is 0 Å². The van der Waals surface area contributed by atoms with Gasteiger partial charge in [-0.05, 0) is 50.8 Å². The van der Waals surface area contributed by atoms with E-state index in [1.54, 1.807) is 0 Å². The van der Waals surface area contributed by atoms with E-state index in [1.165, 1.54) is 27.8 Å². The summed E-state index contributed by atoms with van der Waals surface area (Å²) in [5.74, 6) is 0.106. The first-order valence-electron chi connectivity index (χ1n) is 7.88. The molecular formula is C20H25NO. The van der Waals surface area contributed by atoms with E-state index >= 15 is 0 Å². The second kappa shape index (κ2) is 7.26. The van der Waals surface area contributed by atoms with Gasteiger partial charge in [-0.25, -0.2) is 0 Å². The molecule has 0 fully saturated rings. The molecule has 1 amide bonds. The average Bonchev–Trinajstić information content (AvgIpc) is 2.49. The van der Waals surface area contributed by atoms with E-state index in [-0.39, 0.29) is 11.9 Å². The predicted molar refractivity (Wildman–Crippen MR) is 92.0 cm³/mol. The monoisotopic (exact) mass is 295 g/mol. The summed E-state index contributed by atoms with van der Waals surface area (Å²) in [4.78, 5) is 12.2. The van der Waals surface area contributed by atoms with Gasteiger partial charge >= 0.3 is 0 Å². The number of benzene rings is 2. The van der Waals surface area contributed by atoms with Crippen molar-refractivity contribution in [3.8, 4) is 0 Å². The van der Waals surface area contributed by atoms with Crippen LogP contribution in [0, 0.1) is 20.8 Å². The molecule has 2 aromatic carbocycles. The Bertz CT molecular complexity index is 643. The van der Waals surface area contributed by atoms with Crippen LogP contribution in [0.2, 0.25) is 0 Å². The fourth-order valence-electron chi connectivity index (χ4n) is 2.63. The molecule has 0 aliphatic rings. The average molecular weight is 295 g/mol. The highest BCUT2D eigenvalue weighted by Crippen LogP contribution is 2.19. The van der Waals surface area contributed by atoms with E-state index < -0.39 is 0 Å². The van der Waals surface area contributed by atoms with Crippen molar-refractivity contribution in [1.82, 2.24) is 5.32 Å². The van der Waals surface area contributed by atoms with Crippen molar-refractivity contribution in [3.05, 3.63) is 70.3 Å². The van der Waals surface area contributed by atoms with Gasteiger partial charge in [-0.1, -0.05) is 53.6 Å². The fraction of sp³-hybridized carbons (Fsp3) is 0.350. The molecule has 1 atom stereocenters. The molecule has 0 unspecified atom stereocenters. The molecule has 116 valence electrons. The standard InChI is InChI=1S/C20H25NO/c1-14-6-9-18(10-7-14)11-12-20(22)21-17(4)19-13-15(2)5-8-16(19)3/h5-10,13,17H,11-12H2,1-4H3,(H,21,22)/t17-/m0/s1. The van der Waals surface area contributed by atoms with Crippen molar-refractivity contribution in [2.45, 2.75) is 46.6 Å². The number of hydrogen-bond donors (Lipinski definition) is 1. The third-order valence-corrected chi connectivity index (χ3v) is 4.04. The van der Waals surface area contributed by atoms with Gasteiger partial charge in [0.25, 0.3) is 0 Å². The SMILES string of the molecule is Cc1ccc(CCC(=O)N[C@@H](C)c2cc(C)ccc2C)cc1. The number of amides is 1. The van der Waals surface area contributed by atoms with Gasteiger partial charge in [-0.3, -0.25) is 4.79 Å². The van der Waals surface area contributed by atoms with Gasteiger partial charge in [-0.15, -0.1) is 0 Å². The van der Waals surface area contributed by atoms with Crippen molar-refractivity contribution >= 4 is 5.91 Å². The minimum atomic E-state index is 0.0467. The normalized spacial score (nSPS) is 12.0. The molecule has 0 aliphatic carbocycles. The molecule has 0 saturated heterocycles. The van der Waals surface area contributed by atoms with Crippen molar-refractivity contribution < 1.29 is 4.79 Å². The molecular weight excluding hydrogens is 270 g/mol. The Hall–Kier alpha value is -2.09. The molecule has 2 heteroatoms. The third-order valence-electron chi connectivity index (χ3n) is 4.04. The highest BCUT2D eigenvalue weighted by molar-refractivity contribution is 5.76. The van der Waals surface area contributed by atoms with Crippen LogP contribution in [0.5, 0.6) is 0 Å². The van der Waals surface area contributed by atoms with E-state index in [1.807, 2.05) is 6.92 Å². The summed E-state index contributed by atoms with van der Waals surface area (Å²) in [5, 5.41) is 3.11. The molecule has 0 aliphatic heterocycles. The molecule has 2 nitrogen and oxygen atoms in total. The summed E-state index contributed by atoms with van der Waals surface area (Å²) >= 11 is 0. The minimum Gasteiger partial charge on any atom is -0.350 e. The lowest BCUT2D eigenvalue weighted by atomic mass is 9.99. The highest BCUT2D eigenvalue weighted by atomic mass is 16.1. The van der Waals surface area contributed by atoms with Crippen molar-refractivity contribution in [1.29, 1.82) is 0 Å². The van der Waals surface area contributed by atoms with Crippen LogP contribution in [0.1, 0.15) is 47.2 Å². The molecule has 0 heterocycles. The lowest BCUT2D eigenvalue weighted by molar-refractivity contribution is -0.121. The topological polar surface area (TPSA) is 29.1 Å². The number of rotatable bonds is 5. The Kier molecular flexibility index (Phi) is 5.37. The molecule has 1 N–H and O–H groups in total. The largest absolute Gasteiger partial charge is 0.350 e. The summed E-state index contributed by atoms with van der Waals surface area (Å²) in [6.45, 7) is 8.28. The molecule has 0 bridgehead atoms. The van der Waals surface area contributed by atoms with Crippen LogP contribution in [-0.2, 0) is 11.2 Å². The van der Waals surface area contributed by atoms with Crippen LogP contribution in [0.25, 0.3) is 0 Å². The summed E-state index contributed by atoms with van der Waals surface area (Å²) in [6.07, 6.45) is 1.31. The van der Waals surface area contributed by atoms with Gasteiger partial charge < -0.3 is 5.32 Å². The second-order valence-corrected chi connectivity index (χ2v) is 6.13. The highest BCUT2D eigenvalue weighted by Gasteiger charge is 2.12. The van der Waals surface area contributed by atoms with Crippen molar-refractivity contribution in [3.63, 3.8) is 0 Å². The molecule has 0 spiro atoms. The number of carbonyl (C=O) groups excluding carboxylic acids is 1. The van der Waals surface area contributed by atoms with Gasteiger partial charge in [0.1, 0.15) is 0 Å². The van der Waals surface area contributed by atoms with Crippen LogP contribution in [0.4, 0.5) is 0 Å². The fourth-order valence-corrected chi connectivity index (χ4v) is 2.63. The first kappa shape index (κ1) is 16.3. The van der Waals surface area contributed by atoms with E-state index in [0.29, 0.717) is 6.42 Å². The first-order chi connectivity index (χ1) is 10.5. The summed E-state index contributed by atoms with van der Waals surface area (Å²) in [6, 6.07) is 14.8. The lowest BCUT2D eigenvalue weighted by Crippen LogP contribution is -2.27. The second-order valence-electron chi connectivity index (χ2n) is 6.13. The van der Waals surface area contributed by atoms with E-state index in [2.05, 4.69) is 68.6 Å². The lowest BCUT2D eigenvalue weighted by Gasteiger charge is -2.17. The Morgan fingerprint density at radius 2 is 1.64 bits per heavy atom. The third kappa shape index (κ3) is 4.45. The summed E-state index contributed by atoms with van der Waals surface area (Å²) in [5.41, 5.74) is 6.10. The quantitative estimate of drug-likeness (QED) is 0.869. The maximum absolute atomic E-state index is 12.2. The van der Waals surface area contributed by atoms with Gasteiger partial charge in [0.15, 0.2) is 0 Å². The van der Waals surface area contributed by atoms with Crippen LogP contribution < -0.4 is 5.32 Å². The minimum absolute atomic E-state index is 0.0467. The van der Waals surface area contributed by atoms with Crippen LogP contribution in [-0.4, -0.2) is 5.91 Å². The first-order valence-corrected chi connectivity index (χ1v) is 7.88. The molecule has 0 radical (unpaired) electrons. The number of hydrogen-bond acceptors (Lipinski definition) is 1. The number of nitrogens with one attached hydrogen (secondary N) is 1. The summed E-state index contributed by atoms with van der Waals surface area (Å²) in [7, 11) is 0. The molecule has 2 rings (SSSR count). The van der Waals surface area contributed by atoms with E-state index in [0.717, 1.165) is 6.42 Å². The van der Waals surface area contributed by atoms with Gasteiger partial charge in [-0.2, -0.15) is 0 Å². The Morgan fingerprint density at radius 3 is 2.32 bits per heavy atom. The van der Waals surface area contributed by atoms with Gasteiger partial charge in [0.05, 0.1) is 6.04 Å². The zero-order valence-corrected chi connectivity index (χ0v) is 13.9. The summed E-state index contributed by atoms with van der Waals surface area (Å²) < 4.78 is 0. The smallest absolute Gasteiger partial charge is 0.220 e. The Morgan fingerprint density at radius 1 is 1.00 bits per heavy atom. The molecule has 0 saturated carbocycles. The Balaban J connectivity index is 1.91. The number of carbonyl (C=O) groups is 1. The van der Waals surface area contributed by atoms with Crippen molar-refractivity contribution in [2.24, 2.45) is 0 Å². The van der Waals surface area contributed by atoms with Gasteiger partial charge in [0, 0.05) is 6.42 Å². The zero-order valence-electron chi connectivity index (χ0n) is 13.9. The maximum Gasteiger partial charge on any atom is 0.220 e. The van der Waals surface area contributed by atoms with E-state index in [4.69, 9.17) is 0 Å². The molecule has 0 aromatic heterocycles. The molecule has 22 heavy (non-hydrogen) atoms. The Labute approximate surface area is 133 Å². The molecule has 2 aromatic rings. The van der Waals surface area contributed by atoms with Crippen molar-refractivity contribution in [2.75, 3.05) is 0 Å². The predicted octanol–water partition coefficient (Wildman–Crippen LogP) is 4.42. The maximum atomic E-state index is 12.2. The number of aryl methyl sites for hydroxylation is 4.